The van der Waals surface area contributed by atoms with Crippen molar-refractivity contribution >= 4 is 23.6 Å². The van der Waals surface area contributed by atoms with Gasteiger partial charge in [-0.05, 0) is 32.2 Å². The second kappa shape index (κ2) is 6.35. The monoisotopic (exact) mass is 300 g/mol. The number of carbonyl (C=O) groups is 2. The van der Waals surface area contributed by atoms with E-state index in [9.17, 15) is 14.7 Å². The first-order valence-corrected chi connectivity index (χ1v) is 8.53. The predicted octanol–water partition coefficient (Wildman–Crippen LogP) is 1.67. The largest absolute Gasteiger partial charge is 0.480 e. The summed E-state index contributed by atoms with van der Waals surface area (Å²) in [4.78, 5) is 26.1. The number of carboxylic acid groups (broad SMARTS) is 1. The van der Waals surface area contributed by atoms with E-state index < -0.39 is 17.6 Å². The summed E-state index contributed by atoms with van der Waals surface area (Å²) in [7, 11) is 0. The number of nitrogens with one attached hydrogen (secondary N) is 1. The Morgan fingerprint density at radius 3 is 2.70 bits per heavy atom. The van der Waals surface area contributed by atoms with Gasteiger partial charge in [-0.15, -0.1) is 11.8 Å². The molecule has 3 unspecified atom stereocenters. The summed E-state index contributed by atoms with van der Waals surface area (Å²) in [5.74, 6) is -0.380. The van der Waals surface area contributed by atoms with Crippen molar-refractivity contribution in [1.29, 1.82) is 0 Å². The van der Waals surface area contributed by atoms with Crippen molar-refractivity contribution in [3.8, 4) is 0 Å². The van der Waals surface area contributed by atoms with Crippen LogP contribution in [0.2, 0.25) is 0 Å². The summed E-state index contributed by atoms with van der Waals surface area (Å²) in [5.41, 5.74) is -0.527. The highest BCUT2D eigenvalue weighted by Gasteiger charge is 2.49. The molecule has 0 aromatic heterocycles. The van der Waals surface area contributed by atoms with Crippen LogP contribution >= 0.6 is 11.8 Å². The average molecular weight is 300 g/mol. The van der Waals surface area contributed by atoms with Gasteiger partial charge >= 0.3 is 5.97 Å². The first kappa shape index (κ1) is 15.6. The van der Waals surface area contributed by atoms with Crippen LogP contribution in [-0.4, -0.2) is 51.1 Å². The van der Waals surface area contributed by atoms with Crippen molar-refractivity contribution in [2.24, 2.45) is 0 Å². The molecule has 2 N–H and O–H groups in total. The fraction of sp³-hybridized carbons (Fsp3) is 0.857. The maximum atomic E-state index is 13.0. The van der Waals surface area contributed by atoms with Gasteiger partial charge in [0, 0.05) is 5.75 Å². The molecule has 0 aromatic carbocycles. The lowest BCUT2D eigenvalue weighted by atomic mass is 9.89. The highest BCUT2D eigenvalue weighted by molar-refractivity contribution is 8.00. The molecule has 0 aromatic rings. The first-order chi connectivity index (χ1) is 9.55. The number of hydrogen-bond donors (Lipinski definition) is 2. The third kappa shape index (κ3) is 2.68. The molecule has 2 fully saturated rings. The van der Waals surface area contributed by atoms with E-state index in [1.165, 1.54) is 0 Å². The maximum Gasteiger partial charge on any atom is 0.327 e. The van der Waals surface area contributed by atoms with Crippen LogP contribution in [0.5, 0.6) is 0 Å². The minimum Gasteiger partial charge on any atom is -0.480 e. The van der Waals surface area contributed by atoms with E-state index in [1.807, 2.05) is 6.92 Å². The Hall–Kier alpha value is -0.750. The smallest absolute Gasteiger partial charge is 0.327 e. The number of thioether (sulfide) groups is 1. The second-order valence-electron chi connectivity index (χ2n) is 5.63. The number of carboxylic acids is 1. The zero-order valence-corrected chi connectivity index (χ0v) is 13.0. The fourth-order valence-corrected chi connectivity index (χ4v) is 4.67. The van der Waals surface area contributed by atoms with Crippen LogP contribution < -0.4 is 5.32 Å². The van der Waals surface area contributed by atoms with Crippen LogP contribution in [0.3, 0.4) is 0 Å². The van der Waals surface area contributed by atoms with Crippen LogP contribution in [-0.2, 0) is 9.59 Å². The summed E-state index contributed by atoms with van der Waals surface area (Å²) in [6.45, 7) is 4.93. The summed E-state index contributed by atoms with van der Waals surface area (Å²) in [6, 6.07) is -0.673. The number of nitrogens with zero attached hydrogens (tertiary/aromatic N) is 1. The van der Waals surface area contributed by atoms with Gasteiger partial charge in [-0.3, -0.25) is 4.79 Å². The zero-order valence-electron chi connectivity index (χ0n) is 12.2. The van der Waals surface area contributed by atoms with E-state index in [0.717, 1.165) is 38.6 Å². The molecule has 0 bridgehead atoms. The van der Waals surface area contributed by atoms with E-state index in [2.05, 4.69) is 12.2 Å². The molecule has 0 spiro atoms. The molecule has 6 heteroatoms. The van der Waals surface area contributed by atoms with Gasteiger partial charge in [0.15, 0.2) is 0 Å². The Morgan fingerprint density at radius 1 is 1.45 bits per heavy atom. The molecule has 2 aliphatic rings. The molecular formula is C14H24N2O3S. The third-order valence-electron chi connectivity index (χ3n) is 4.29. The van der Waals surface area contributed by atoms with Gasteiger partial charge in [-0.2, -0.15) is 0 Å². The molecule has 2 saturated heterocycles. The van der Waals surface area contributed by atoms with Crippen molar-refractivity contribution in [2.75, 3.05) is 12.3 Å². The average Bonchev–Trinajstić information content (AvgIpc) is 3.04. The van der Waals surface area contributed by atoms with Crippen LogP contribution in [0.25, 0.3) is 0 Å². The van der Waals surface area contributed by atoms with E-state index in [-0.39, 0.29) is 11.3 Å². The fourth-order valence-electron chi connectivity index (χ4n) is 3.32. The topological polar surface area (TPSA) is 69.6 Å². The molecule has 1 amide bonds. The lowest BCUT2D eigenvalue weighted by Gasteiger charge is -2.36. The van der Waals surface area contributed by atoms with Gasteiger partial charge < -0.3 is 15.3 Å². The van der Waals surface area contributed by atoms with Gasteiger partial charge in [-0.1, -0.05) is 20.3 Å². The summed E-state index contributed by atoms with van der Waals surface area (Å²) in [5, 5.41) is 12.7. The van der Waals surface area contributed by atoms with Crippen molar-refractivity contribution in [3.05, 3.63) is 0 Å². The van der Waals surface area contributed by atoms with Crippen molar-refractivity contribution < 1.29 is 14.7 Å². The number of amides is 1. The van der Waals surface area contributed by atoms with E-state index in [1.54, 1.807) is 16.7 Å². The van der Waals surface area contributed by atoms with E-state index in [0.29, 0.717) is 5.75 Å². The van der Waals surface area contributed by atoms with Crippen LogP contribution in [0, 0.1) is 0 Å². The van der Waals surface area contributed by atoms with Crippen molar-refractivity contribution in [3.63, 3.8) is 0 Å². The number of rotatable bonds is 5. The van der Waals surface area contributed by atoms with Crippen LogP contribution in [0.15, 0.2) is 0 Å². The normalized spacial score (nSPS) is 33.6. The van der Waals surface area contributed by atoms with Crippen LogP contribution in [0.4, 0.5) is 0 Å². The van der Waals surface area contributed by atoms with Gasteiger partial charge in [-0.25, -0.2) is 4.79 Å². The second-order valence-corrected chi connectivity index (χ2v) is 6.84. The molecular weight excluding hydrogens is 276 g/mol. The SMILES string of the molecule is CCCC1(C(=O)N2C(CC)SCC2C(=O)O)CCCN1. The van der Waals surface area contributed by atoms with Crippen molar-refractivity contribution in [1.82, 2.24) is 10.2 Å². The molecule has 2 heterocycles. The highest BCUT2D eigenvalue weighted by Crippen LogP contribution is 2.36. The molecule has 114 valence electrons. The highest BCUT2D eigenvalue weighted by atomic mass is 32.2. The third-order valence-corrected chi connectivity index (χ3v) is 5.74. The van der Waals surface area contributed by atoms with Crippen molar-refractivity contribution in [2.45, 2.75) is 62.9 Å². The Labute approximate surface area is 124 Å². The Bertz CT molecular complexity index is 383. The summed E-state index contributed by atoms with van der Waals surface area (Å²) in [6.07, 6.45) is 4.32. The number of hydrogen-bond acceptors (Lipinski definition) is 4. The van der Waals surface area contributed by atoms with Gasteiger partial charge in [0.2, 0.25) is 5.91 Å². The molecule has 2 rings (SSSR count). The number of aliphatic carboxylic acids is 1. The predicted molar refractivity (Wildman–Crippen MR) is 79.7 cm³/mol. The molecule has 0 saturated carbocycles. The first-order valence-electron chi connectivity index (χ1n) is 7.48. The van der Waals surface area contributed by atoms with E-state index >= 15 is 0 Å². The lowest BCUT2D eigenvalue weighted by Crippen LogP contribution is -2.59. The lowest BCUT2D eigenvalue weighted by molar-refractivity contribution is -0.152. The Morgan fingerprint density at radius 2 is 2.20 bits per heavy atom. The molecule has 0 radical (unpaired) electrons. The molecule has 20 heavy (non-hydrogen) atoms. The Balaban J connectivity index is 2.25. The minimum absolute atomic E-state index is 0.000249. The minimum atomic E-state index is -0.883. The molecule has 5 nitrogen and oxygen atoms in total. The van der Waals surface area contributed by atoms with Gasteiger partial charge in [0.25, 0.3) is 0 Å². The summed E-state index contributed by atoms with van der Waals surface area (Å²) < 4.78 is 0. The Kier molecular flexibility index (Phi) is 4.96. The van der Waals surface area contributed by atoms with E-state index in [4.69, 9.17) is 0 Å². The van der Waals surface area contributed by atoms with Gasteiger partial charge in [0.1, 0.15) is 6.04 Å². The molecule has 3 atom stereocenters. The summed E-state index contributed by atoms with van der Waals surface area (Å²) >= 11 is 1.59. The molecule has 2 aliphatic heterocycles. The van der Waals surface area contributed by atoms with Crippen LogP contribution in [0.1, 0.15) is 46.0 Å². The standard InChI is InChI=1S/C14H24N2O3S/c1-3-6-14(7-5-8-15-14)13(19)16-10(12(17)18)9-20-11(16)4-2/h10-11,15H,3-9H2,1-2H3,(H,17,18). The quantitative estimate of drug-likeness (QED) is 0.808. The molecule has 0 aliphatic carbocycles. The zero-order chi connectivity index (χ0) is 14.8. The maximum absolute atomic E-state index is 13.0. The number of carbonyl (C=O) groups excluding carboxylic acids is 1. The van der Waals surface area contributed by atoms with Gasteiger partial charge in [0.05, 0.1) is 10.9 Å².